The third-order valence-electron chi connectivity index (χ3n) is 5.98. The van der Waals surface area contributed by atoms with Crippen molar-refractivity contribution in [2.45, 2.75) is 32.4 Å². The number of likely N-dealkylation sites (N-methyl/N-ethyl adjacent to an activating group) is 1. The second-order valence-electron chi connectivity index (χ2n) is 8.31. The number of fused-ring (bicyclic) bond motifs is 1. The predicted octanol–water partition coefficient (Wildman–Crippen LogP) is 3.62. The van der Waals surface area contributed by atoms with Crippen molar-refractivity contribution < 1.29 is 27.1 Å². The summed E-state index contributed by atoms with van der Waals surface area (Å²) in [4.78, 5) is 32.2. The lowest BCUT2D eigenvalue weighted by Gasteiger charge is -2.29. The Balaban J connectivity index is 1.60. The van der Waals surface area contributed by atoms with Crippen LogP contribution in [0.1, 0.15) is 30.6 Å². The normalized spacial score (nSPS) is 17.9. The molecule has 0 N–H and O–H groups in total. The van der Waals surface area contributed by atoms with E-state index in [1.54, 1.807) is 49.4 Å². The number of carbonyl (C=O) groups is 2. The van der Waals surface area contributed by atoms with Crippen LogP contribution in [-0.4, -0.2) is 60.4 Å². The van der Waals surface area contributed by atoms with E-state index in [4.69, 9.17) is 4.74 Å². The maximum absolute atomic E-state index is 13.4. The van der Waals surface area contributed by atoms with E-state index < -0.39 is 33.9 Å². The van der Waals surface area contributed by atoms with Gasteiger partial charge in [0.15, 0.2) is 15.9 Å². The standard InChI is InChI=1S/C25H25FN2O5S/c1-3-28(19-12-13-34(31,32)15-19)24(29)16(2)33-25(30)21-14-23(17-8-10-18(26)11-9-17)27-22-7-5-4-6-20(21)22/h4-11,14,16,19H,3,12-13,15H2,1-2H3. The molecule has 0 spiro atoms. The molecule has 1 aliphatic rings. The van der Waals surface area contributed by atoms with Crippen LogP contribution in [0.4, 0.5) is 4.39 Å². The molecule has 0 bridgehead atoms. The maximum atomic E-state index is 13.4. The van der Waals surface area contributed by atoms with Crippen LogP contribution in [0, 0.1) is 5.82 Å². The fourth-order valence-electron chi connectivity index (χ4n) is 4.24. The lowest BCUT2D eigenvalue weighted by molar-refractivity contribution is -0.141. The number of pyridine rings is 1. The highest BCUT2D eigenvalue weighted by Crippen LogP contribution is 2.26. The van der Waals surface area contributed by atoms with Crippen LogP contribution in [0.2, 0.25) is 0 Å². The summed E-state index contributed by atoms with van der Waals surface area (Å²) in [7, 11) is -3.17. The second kappa shape index (κ2) is 9.50. The molecule has 4 rings (SSSR count). The number of ether oxygens (including phenoxy) is 1. The fraction of sp³-hybridized carbons (Fsp3) is 0.320. The monoisotopic (exact) mass is 484 g/mol. The summed E-state index contributed by atoms with van der Waals surface area (Å²) in [5.74, 6) is -1.55. The summed E-state index contributed by atoms with van der Waals surface area (Å²) in [5.41, 5.74) is 1.89. The Labute approximate surface area is 197 Å². The number of amides is 1. The quantitative estimate of drug-likeness (QED) is 0.496. The van der Waals surface area contributed by atoms with Gasteiger partial charge in [-0.05, 0) is 56.7 Å². The van der Waals surface area contributed by atoms with Gasteiger partial charge in [0.2, 0.25) is 0 Å². The Morgan fingerprint density at radius 3 is 2.53 bits per heavy atom. The molecule has 2 heterocycles. The highest BCUT2D eigenvalue weighted by molar-refractivity contribution is 7.91. The van der Waals surface area contributed by atoms with Gasteiger partial charge in [0.1, 0.15) is 5.82 Å². The number of carbonyl (C=O) groups excluding carboxylic acids is 2. The van der Waals surface area contributed by atoms with Crippen molar-refractivity contribution in [3.8, 4) is 11.3 Å². The van der Waals surface area contributed by atoms with Crippen LogP contribution < -0.4 is 0 Å². The van der Waals surface area contributed by atoms with E-state index in [0.29, 0.717) is 35.1 Å². The number of hydrogen-bond donors (Lipinski definition) is 0. The fourth-order valence-corrected chi connectivity index (χ4v) is 5.97. The van der Waals surface area contributed by atoms with Crippen LogP contribution in [0.15, 0.2) is 54.6 Å². The molecule has 7 nitrogen and oxygen atoms in total. The number of nitrogens with zero attached hydrogens (tertiary/aromatic N) is 2. The number of benzene rings is 2. The van der Waals surface area contributed by atoms with Gasteiger partial charge in [-0.3, -0.25) is 4.79 Å². The van der Waals surface area contributed by atoms with Crippen LogP contribution in [0.5, 0.6) is 0 Å². The average Bonchev–Trinajstić information content (AvgIpc) is 3.18. The van der Waals surface area contributed by atoms with E-state index in [-0.39, 0.29) is 22.9 Å². The molecule has 34 heavy (non-hydrogen) atoms. The largest absolute Gasteiger partial charge is 0.449 e. The lowest BCUT2D eigenvalue weighted by atomic mass is 10.0. The Hall–Kier alpha value is -3.33. The summed E-state index contributed by atoms with van der Waals surface area (Å²) in [6.07, 6.45) is -0.726. The SMILES string of the molecule is CCN(C(=O)C(C)OC(=O)c1cc(-c2ccc(F)cc2)nc2ccccc12)C1CCS(=O)(=O)C1. The van der Waals surface area contributed by atoms with E-state index in [1.165, 1.54) is 24.0 Å². The van der Waals surface area contributed by atoms with E-state index in [0.717, 1.165) is 0 Å². The molecule has 1 aromatic heterocycles. The number of para-hydroxylation sites is 1. The molecule has 3 aromatic rings. The zero-order chi connectivity index (χ0) is 24.5. The smallest absolute Gasteiger partial charge is 0.339 e. The van der Waals surface area contributed by atoms with E-state index >= 15 is 0 Å². The number of esters is 1. The Morgan fingerprint density at radius 1 is 1.18 bits per heavy atom. The second-order valence-corrected chi connectivity index (χ2v) is 10.5. The minimum atomic E-state index is -3.17. The molecule has 178 valence electrons. The topological polar surface area (TPSA) is 93.6 Å². The highest BCUT2D eigenvalue weighted by Gasteiger charge is 2.36. The van der Waals surface area contributed by atoms with Gasteiger partial charge in [0.25, 0.3) is 5.91 Å². The summed E-state index contributed by atoms with van der Waals surface area (Å²) < 4.78 is 42.6. The number of halogens is 1. The molecular formula is C25H25FN2O5S. The van der Waals surface area contributed by atoms with Crippen molar-refractivity contribution in [3.05, 3.63) is 66.0 Å². The summed E-state index contributed by atoms with van der Waals surface area (Å²) in [6, 6.07) is 14.0. The molecule has 2 atom stereocenters. The van der Waals surface area contributed by atoms with E-state index in [2.05, 4.69) is 4.98 Å². The number of aromatic nitrogens is 1. The van der Waals surface area contributed by atoms with Crippen molar-refractivity contribution >= 4 is 32.6 Å². The predicted molar refractivity (Wildman–Crippen MR) is 126 cm³/mol. The zero-order valence-electron chi connectivity index (χ0n) is 18.9. The van der Waals surface area contributed by atoms with Gasteiger partial charge in [0.05, 0.1) is 28.3 Å². The molecular weight excluding hydrogens is 459 g/mol. The van der Waals surface area contributed by atoms with Crippen LogP contribution in [-0.2, 0) is 19.4 Å². The average molecular weight is 485 g/mol. The minimum Gasteiger partial charge on any atom is -0.449 e. The van der Waals surface area contributed by atoms with Gasteiger partial charge in [-0.25, -0.2) is 22.6 Å². The van der Waals surface area contributed by atoms with Gasteiger partial charge in [-0.1, -0.05) is 18.2 Å². The third-order valence-corrected chi connectivity index (χ3v) is 7.73. The summed E-state index contributed by atoms with van der Waals surface area (Å²) in [5, 5.41) is 0.562. The molecule has 1 saturated heterocycles. The molecule has 0 saturated carbocycles. The van der Waals surface area contributed by atoms with Gasteiger partial charge >= 0.3 is 5.97 Å². The van der Waals surface area contributed by atoms with Gasteiger partial charge in [-0.15, -0.1) is 0 Å². The van der Waals surface area contributed by atoms with Gasteiger partial charge in [0, 0.05) is 23.5 Å². The molecule has 0 aliphatic carbocycles. The number of hydrogen-bond acceptors (Lipinski definition) is 6. The first-order valence-corrected chi connectivity index (χ1v) is 12.9. The molecule has 1 aliphatic heterocycles. The van der Waals surface area contributed by atoms with Crippen molar-refractivity contribution in [1.29, 1.82) is 0 Å². The first kappa shape index (κ1) is 23.8. The van der Waals surface area contributed by atoms with Crippen molar-refractivity contribution in [2.75, 3.05) is 18.1 Å². The zero-order valence-corrected chi connectivity index (χ0v) is 19.7. The Morgan fingerprint density at radius 2 is 1.88 bits per heavy atom. The number of rotatable bonds is 6. The van der Waals surface area contributed by atoms with E-state index in [9.17, 15) is 22.4 Å². The number of sulfone groups is 1. The maximum Gasteiger partial charge on any atom is 0.339 e. The van der Waals surface area contributed by atoms with Crippen LogP contribution in [0.3, 0.4) is 0 Å². The molecule has 2 unspecified atom stereocenters. The minimum absolute atomic E-state index is 0.0464. The first-order chi connectivity index (χ1) is 16.2. The van der Waals surface area contributed by atoms with Crippen LogP contribution in [0.25, 0.3) is 22.2 Å². The summed E-state index contributed by atoms with van der Waals surface area (Å²) >= 11 is 0. The van der Waals surface area contributed by atoms with Gasteiger partial charge in [-0.2, -0.15) is 0 Å². The lowest BCUT2D eigenvalue weighted by Crippen LogP contribution is -2.46. The van der Waals surface area contributed by atoms with Crippen molar-refractivity contribution in [1.82, 2.24) is 9.88 Å². The molecule has 0 radical (unpaired) electrons. The van der Waals surface area contributed by atoms with Crippen LogP contribution >= 0.6 is 0 Å². The Bertz CT molecular complexity index is 1340. The third kappa shape index (κ3) is 4.94. The molecule has 1 fully saturated rings. The van der Waals surface area contributed by atoms with Crippen molar-refractivity contribution in [3.63, 3.8) is 0 Å². The molecule has 1 amide bonds. The van der Waals surface area contributed by atoms with E-state index in [1.807, 2.05) is 0 Å². The molecule has 2 aromatic carbocycles. The van der Waals surface area contributed by atoms with Crippen molar-refractivity contribution in [2.24, 2.45) is 0 Å². The highest BCUT2D eigenvalue weighted by atomic mass is 32.2. The Kier molecular flexibility index (Phi) is 6.65. The van der Waals surface area contributed by atoms with Gasteiger partial charge < -0.3 is 9.64 Å². The molecule has 9 heteroatoms. The first-order valence-electron chi connectivity index (χ1n) is 11.1. The summed E-state index contributed by atoms with van der Waals surface area (Å²) in [6.45, 7) is 3.56.